The van der Waals surface area contributed by atoms with E-state index in [0.717, 1.165) is 23.6 Å². The monoisotopic (exact) mass is 290 g/mol. The van der Waals surface area contributed by atoms with Crippen molar-refractivity contribution < 1.29 is 0 Å². The van der Waals surface area contributed by atoms with Crippen molar-refractivity contribution in [3.63, 3.8) is 0 Å². The van der Waals surface area contributed by atoms with Crippen molar-refractivity contribution in [3.8, 4) is 0 Å². The van der Waals surface area contributed by atoms with Crippen molar-refractivity contribution in [3.05, 3.63) is 16.8 Å². The number of nitrogens with zero attached hydrogens (tertiary/aromatic N) is 3. The third kappa shape index (κ3) is 2.65. The Hall–Kier alpha value is -1.20. The molecule has 108 valence electrons. The summed E-state index contributed by atoms with van der Waals surface area (Å²) in [7, 11) is 4.22. The first-order valence-corrected chi connectivity index (χ1v) is 8.13. The van der Waals surface area contributed by atoms with Gasteiger partial charge in [0, 0.05) is 10.9 Å². The van der Waals surface area contributed by atoms with Gasteiger partial charge in [0.2, 0.25) is 0 Å². The lowest BCUT2D eigenvalue weighted by Crippen LogP contribution is -2.23. The average molecular weight is 290 g/mol. The number of aromatic nitrogens is 2. The number of aryl methyl sites for hydroxylation is 2. The van der Waals surface area contributed by atoms with Crippen molar-refractivity contribution in [2.24, 2.45) is 0 Å². The van der Waals surface area contributed by atoms with Gasteiger partial charge in [-0.2, -0.15) is 0 Å². The fourth-order valence-electron chi connectivity index (χ4n) is 2.80. The predicted octanol–water partition coefficient (Wildman–Crippen LogP) is 2.93. The van der Waals surface area contributed by atoms with Crippen molar-refractivity contribution >= 4 is 27.4 Å². The molecule has 0 fully saturated rings. The van der Waals surface area contributed by atoms with Gasteiger partial charge in [0.15, 0.2) is 0 Å². The van der Waals surface area contributed by atoms with Crippen molar-refractivity contribution in [2.45, 2.75) is 38.6 Å². The van der Waals surface area contributed by atoms with Gasteiger partial charge >= 0.3 is 0 Å². The summed E-state index contributed by atoms with van der Waals surface area (Å²) in [5.41, 5.74) is 1.49. The molecule has 1 aliphatic carbocycles. The van der Waals surface area contributed by atoms with Crippen molar-refractivity contribution in [2.75, 3.05) is 26.0 Å². The maximum Gasteiger partial charge on any atom is 0.138 e. The zero-order chi connectivity index (χ0) is 14.1. The van der Waals surface area contributed by atoms with Gasteiger partial charge in [0.05, 0.1) is 5.39 Å². The average Bonchev–Trinajstić information content (AvgIpc) is 2.96. The molecule has 1 unspecified atom stereocenters. The number of fused-ring (bicyclic) bond motifs is 3. The van der Waals surface area contributed by atoms with Crippen LogP contribution < -0.4 is 5.32 Å². The normalized spacial score (nSPS) is 15.8. The van der Waals surface area contributed by atoms with E-state index in [9.17, 15) is 0 Å². The fourth-order valence-corrected chi connectivity index (χ4v) is 4.02. The van der Waals surface area contributed by atoms with Crippen LogP contribution in [0.15, 0.2) is 6.33 Å². The summed E-state index contributed by atoms with van der Waals surface area (Å²) in [5, 5.41) is 4.86. The minimum absolute atomic E-state index is 0.424. The van der Waals surface area contributed by atoms with Gasteiger partial charge in [-0.1, -0.05) is 0 Å². The molecule has 3 rings (SSSR count). The molecule has 1 N–H and O–H groups in total. The van der Waals surface area contributed by atoms with Gasteiger partial charge in [-0.05, 0) is 58.8 Å². The Balaban J connectivity index is 1.84. The molecular formula is C15H22N4S. The summed E-state index contributed by atoms with van der Waals surface area (Å²) in [6, 6.07) is 0.424. The first kappa shape index (κ1) is 13.8. The van der Waals surface area contributed by atoms with Crippen LogP contribution in [0.1, 0.15) is 30.2 Å². The number of thiophene rings is 1. The van der Waals surface area contributed by atoms with E-state index in [0.29, 0.717) is 6.04 Å². The van der Waals surface area contributed by atoms with Gasteiger partial charge in [0.25, 0.3) is 0 Å². The van der Waals surface area contributed by atoms with E-state index in [2.05, 4.69) is 41.2 Å². The molecule has 4 nitrogen and oxygen atoms in total. The molecule has 1 aliphatic rings. The van der Waals surface area contributed by atoms with Crippen LogP contribution >= 0.6 is 11.3 Å². The van der Waals surface area contributed by atoms with Gasteiger partial charge in [-0.25, -0.2) is 9.97 Å². The summed E-state index contributed by atoms with van der Waals surface area (Å²) >= 11 is 1.85. The number of anilines is 1. The molecule has 0 radical (unpaired) electrons. The van der Waals surface area contributed by atoms with Gasteiger partial charge in [-0.3, -0.25) is 0 Å². The van der Waals surface area contributed by atoms with E-state index in [4.69, 9.17) is 0 Å². The Labute approximate surface area is 124 Å². The highest BCUT2D eigenvalue weighted by Gasteiger charge is 2.21. The lowest BCUT2D eigenvalue weighted by molar-refractivity contribution is 0.390. The van der Waals surface area contributed by atoms with Gasteiger partial charge in [-0.15, -0.1) is 11.3 Å². The maximum absolute atomic E-state index is 4.49. The summed E-state index contributed by atoms with van der Waals surface area (Å²) in [5.74, 6) is 1.03. The Kier molecular flexibility index (Phi) is 3.89. The first-order valence-electron chi connectivity index (χ1n) is 7.31. The Morgan fingerprint density at radius 2 is 2.20 bits per heavy atom. The molecule has 2 heterocycles. The number of nitrogens with one attached hydrogen (secondary N) is 1. The number of hydrogen-bond donors (Lipinski definition) is 1. The fraction of sp³-hybridized carbons (Fsp3) is 0.600. The minimum atomic E-state index is 0.424. The second kappa shape index (κ2) is 5.66. The Morgan fingerprint density at radius 1 is 1.35 bits per heavy atom. The molecule has 0 amide bonds. The molecule has 0 aliphatic heterocycles. The molecular weight excluding hydrogens is 268 g/mol. The topological polar surface area (TPSA) is 41.0 Å². The third-order valence-corrected chi connectivity index (χ3v) is 5.09. The highest BCUT2D eigenvalue weighted by molar-refractivity contribution is 7.19. The highest BCUT2D eigenvalue weighted by atomic mass is 32.1. The van der Waals surface area contributed by atoms with E-state index >= 15 is 0 Å². The predicted molar refractivity (Wildman–Crippen MR) is 85.7 cm³/mol. The van der Waals surface area contributed by atoms with Crippen molar-refractivity contribution in [1.82, 2.24) is 14.9 Å². The lowest BCUT2D eigenvalue weighted by Gasteiger charge is -2.17. The Bertz CT molecular complexity index is 605. The number of rotatable bonds is 5. The second-order valence-corrected chi connectivity index (χ2v) is 6.98. The minimum Gasteiger partial charge on any atom is -0.367 e. The largest absolute Gasteiger partial charge is 0.367 e. The molecule has 0 aromatic carbocycles. The van der Waals surface area contributed by atoms with Crippen LogP contribution in [0.3, 0.4) is 0 Å². The molecule has 2 aromatic rings. The summed E-state index contributed by atoms with van der Waals surface area (Å²) < 4.78 is 0. The van der Waals surface area contributed by atoms with E-state index < -0.39 is 0 Å². The highest BCUT2D eigenvalue weighted by Crippen LogP contribution is 2.39. The van der Waals surface area contributed by atoms with E-state index in [-0.39, 0.29) is 0 Å². The SMILES string of the molecule is CC(CCN(C)C)Nc1ncnc2sc3c(c12)CCC3. The van der Waals surface area contributed by atoms with Crippen molar-refractivity contribution in [1.29, 1.82) is 0 Å². The molecule has 0 bridgehead atoms. The Morgan fingerprint density at radius 3 is 3.00 bits per heavy atom. The molecule has 0 saturated heterocycles. The zero-order valence-corrected chi connectivity index (χ0v) is 13.3. The second-order valence-electron chi connectivity index (χ2n) is 5.90. The molecule has 5 heteroatoms. The summed E-state index contributed by atoms with van der Waals surface area (Å²) in [6.07, 6.45) is 6.48. The van der Waals surface area contributed by atoms with E-state index in [1.54, 1.807) is 6.33 Å². The quantitative estimate of drug-likeness (QED) is 0.919. The molecule has 20 heavy (non-hydrogen) atoms. The standard InChI is InChI=1S/C15H22N4S/c1-10(7-8-19(2)3)18-14-13-11-5-4-6-12(11)20-15(13)17-9-16-14/h9-10H,4-8H2,1-3H3,(H,16,17,18). The van der Waals surface area contributed by atoms with Crippen LogP contribution in [0.25, 0.3) is 10.2 Å². The molecule has 0 saturated carbocycles. The van der Waals surface area contributed by atoms with Crippen LogP contribution in [-0.4, -0.2) is 41.5 Å². The van der Waals surface area contributed by atoms with Crippen LogP contribution in [0.4, 0.5) is 5.82 Å². The third-order valence-electron chi connectivity index (χ3n) is 3.89. The maximum atomic E-state index is 4.49. The van der Waals surface area contributed by atoms with Crippen LogP contribution in [-0.2, 0) is 12.8 Å². The van der Waals surface area contributed by atoms with Crippen LogP contribution in [0, 0.1) is 0 Å². The van der Waals surface area contributed by atoms with Gasteiger partial charge in [0.1, 0.15) is 17.0 Å². The van der Waals surface area contributed by atoms with E-state index in [1.165, 1.54) is 35.1 Å². The first-order chi connectivity index (χ1) is 9.65. The lowest BCUT2D eigenvalue weighted by atomic mass is 10.1. The zero-order valence-electron chi connectivity index (χ0n) is 12.4. The van der Waals surface area contributed by atoms with Gasteiger partial charge < -0.3 is 10.2 Å². The smallest absolute Gasteiger partial charge is 0.138 e. The number of hydrogen-bond acceptors (Lipinski definition) is 5. The van der Waals surface area contributed by atoms with Crippen LogP contribution in [0.2, 0.25) is 0 Å². The van der Waals surface area contributed by atoms with Crippen LogP contribution in [0.5, 0.6) is 0 Å². The summed E-state index contributed by atoms with van der Waals surface area (Å²) in [6.45, 7) is 3.31. The molecule has 1 atom stereocenters. The summed E-state index contributed by atoms with van der Waals surface area (Å²) in [4.78, 5) is 13.8. The molecule has 2 aromatic heterocycles. The molecule has 0 spiro atoms. The van der Waals surface area contributed by atoms with E-state index in [1.807, 2.05) is 11.3 Å².